The maximum absolute atomic E-state index is 14.2. The zero-order valence-electron chi connectivity index (χ0n) is 22.6. The SMILES string of the molecule is CC(C)CCC(=O)NC(CC(=O)N1CCCCC1C(F)(F)F)C(=O)N[C@@H](C)c1ncc(-c2ccc(F)cc2F)[nH]1. The van der Waals surface area contributed by atoms with Crippen molar-refractivity contribution in [1.29, 1.82) is 0 Å². The van der Waals surface area contributed by atoms with Gasteiger partial charge in [-0.25, -0.2) is 13.8 Å². The summed E-state index contributed by atoms with van der Waals surface area (Å²) >= 11 is 0. The summed E-state index contributed by atoms with van der Waals surface area (Å²) in [7, 11) is 0. The molecule has 1 aromatic heterocycles. The van der Waals surface area contributed by atoms with Crippen LogP contribution in [0.15, 0.2) is 24.4 Å². The fourth-order valence-corrected chi connectivity index (χ4v) is 4.54. The number of rotatable bonds is 10. The smallest absolute Gasteiger partial charge is 0.345 e. The molecule has 40 heavy (non-hydrogen) atoms. The van der Waals surface area contributed by atoms with Crippen LogP contribution < -0.4 is 10.6 Å². The van der Waals surface area contributed by atoms with Crippen molar-refractivity contribution in [3.8, 4) is 11.3 Å². The molecular weight excluding hydrogens is 537 g/mol. The number of piperidine rings is 1. The number of likely N-dealkylation sites (tertiary alicyclic amines) is 1. The third-order valence-corrected chi connectivity index (χ3v) is 6.77. The summed E-state index contributed by atoms with van der Waals surface area (Å²) in [4.78, 5) is 46.5. The first kappa shape index (κ1) is 31.0. The number of halogens is 5. The van der Waals surface area contributed by atoms with Crippen molar-refractivity contribution in [3.05, 3.63) is 41.9 Å². The number of H-pyrrole nitrogens is 1. The second-order valence-corrected chi connectivity index (χ2v) is 10.4. The minimum absolute atomic E-state index is 0.0558. The molecule has 2 heterocycles. The molecule has 3 N–H and O–H groups in total. The fourth-order valence-electron chi connectivity index (χ4n) is 4.54. The number of hydrogen-bond donors (Lipinski definition) is 3. The van der Waals surface area contributed by atoms with Crippen LogP contribution in [0, 0.1) is 17.6 Å². The van der Waals surface area contributed by atoms with E-state index in [9.17, 15) is 36.3 Å². The van der Waals surface area contributed by atoms with Crippen molar-refractivity contribution in [2.45, 2.75) is 83.6 Å². The molecule has 1 aliphatic rings. The average molecular weight is 572 g/mol. The Labute approximate surface area is 229 Å². The second kappa shape index (κ2) is 13.2. The van der Waals surface area contributed by atoms with Gasteiger partial charge >= 0.3 is 6.18 Å². The highest BCUT2D eigenvalue weighted by atomic mass is 19.4. The highest BCUT2D eigenvalue weighted by Crippen LogP contribution is 2.32. The lowest BCUT2D eigenvalue weighted by atomic mass is 10.00. The number of hydrogen-bond acceptors (Lipinski definition) is 4. The van der Waals surface area contributed by atoms with Crippen LogP contribution in [0.3, 0.4) is 0 Å². The Balaban J connectivity index is 1.75. The van der Waals surface area contributed by atoms with Gasteiger partial charge in [0.2, 0.25) is 17.7 Å². The van der Waals surface area contributed by atoms with E-state index in [2.05, 4.69) is 20.6 Å². The summed E-state index contributed by atoms with van der Waals surface area (Å²) in [6, 6.07) is -1.15. The third kappa shape index (κ3) is 8.25. The Morgan fingerprint density at radius 1 is 1.12 bits per heavy atom. The molecule has 3 amide bonds. The van der Waals surface area contributed by atoms with Gasteiger partial charge in [0, 0.05) is 24.6 Å². The van der Waals surface area contributed by atoms with Gasteiger partial charge in [-0.15, -0.1) is 0 Å². The molecule has 220 valence electrons. The van der Waals surface area contributed by atoms with Crippen LogP contribution in [0.2, 0.25) is 0 Å². The molecule has 0 bridgehead atoms. The van der Waals surface area contributed by atoms with Crippen LogP contribution in [0.25, 0.3) is 11.3 Å². The summed E-state index contributed by atoms with van der Waals surface area (Å²) < 4.78 is 68.1. The summed E-state index contributed by atoms with van der Waals surface area (Å²) in [6.45, 7) is 5.27. The number of imidazole rings is 1. The van der Waals surface area contributed by atoms with E-state index in [0.717, 1.165) is 17.0 Å². The van der Waals surface area contributed by atoms with Gasteiger partial charge in [-0.2, -0.15) is 13.2 Å². The Hall–Kier alpha value is -3.51. The average Bonchev–Trinajstić information content (AvgIpc) is 3.36. The van der Waals surface area contributed by atoms with Gasteiger partial charge in [0.15, 0.2) is 0 Å². The second-order valence-electron chi connectivity index (χ2n) is 10.4. The van der Waals surface area contributed by atoms with E-state index >= 15 is 0 Å². The van der Waals surface area contributed by atoms with Crippen molar-refractivity contribution in [2.24, 2.45) is 5.92 Å². The lowest BCUT2D eigenvalue weighted by Crippen LogP contribution is -2.55. The maximum Gasteiger partial charge on any atom is 0.408 e. The topological polar surface area (TPSA) is 107 Å². The summed E-state index contributed by atoms with van der Waals surface area (Å²) in [5.74, 6) is -3.34. The van der Waals surface area contributed by atoms with E-state index in [1.807, 2.05) is 13.8 Å². The molecule has 0 radical (unpaired) electrons. The van der Waals surface area contributed by atoms with Crippen molar-refractivity contribution in [1.82, 2.24) is 25.5 Å². The maximum atomic E-state index is 14.2. The normalized spacial score (nSPS) is 17.4. The molecule has 3 rings (SSSR count). The molecule has 8 nitrogen and oxygen atoms in total. The predicted octanol–water partition coefficient (Wildman–Crippen LogP) is 4.79. The number of benzene rings is 1. The molecule has 2 unspecified atom stereocenters. The summed E-state index contributed by atoms with van der Waals surface area (Å²) in [5, 5.41) is 5.11. The van der Waals surface area contributed by atoms with Gasteiger partial charge in [-0.05, 0) is 50.7 Å². The van der Waals surface area contributed by atoms with Crippen LogP contribution in [0.4, 0.5) is 22.0 Å². The van der Waals surface area contributed by atoms with Crippen LogP contribution in [0.5, 0.6) is 0 Å². The summed E-state index contributed by atoms with van der Waals surface area (Å²) in [5.41, 5.74) is 0.283. The number of nitrogens with one attached hydrogen (secondary N) is 3. The standard InChI is InChI=1S/C27H34F5N5O3/c1-15(2)7-10-23(38)35-20(13-24(39)37-11-5-4-6-22(37)27(30,31)32)26(40)34-16(3)25-33-14-21(36-25)18-9-8-17(28)12-19(18)29/h8-9,12,14-16,20,22H,4-7,10-11,13H2,1-3H3,(H,33,36)(H,34,40)(H,35,38)/t16-,20?,22?/m0/s1. The molecule has 0 spiro atoms. The zero-order chi connectivity index (χ0) is 29.6. The van der Waals surface area contributed by atoms with Gasteiger partial charge in [-0.1, -0.05) is 13.8 Å². The Morgan fingerprint density at radius 3 is 2.50 bits per heavy atom. The van der Waals surface area contributed by atoms with E-state index in [1.165, 1.54) is 12.3 Å². The van der Waals surface area contributed by atoms with E-state index in [4.69, 9.17) is 0 Å². The Morgan fingerprint density at radius 2 is 1.85 bits per heavy atom. The van der Waals surface area contributed by atoms with Crippen LogP contribution >= 0.6 is 0 Å². The first-order valence-corrected chi connectivity index (χ1v) is 13.2. The van der Waals surface area contributed by atoms with Crippen molar-refractivity contribution >= 4 is 17.7 Å². The molecule has 0 aliphatic carbocycles. The third-order valence-electron chi connectivity index (χ3n) is 6.77. The van der Waals surface area contributed by atoms with E-state index < -0.39 is 60.1 Å². The number of nitrogens with zero attached hydrogens (tertiary/aromatic N) is 2. The lowest BCUT2D eigenvalue weighted by molar-refractivity contribution is -0.196. The van der Waals surface area contributed by atoms with Gasteiger partial charge in [0.1, 0.15) is 29.5 Å². The van der Waals surface area contributed by atoms with Gasteiger partial charge in [-0.3, -0.25) is 14.4 Å². The quantitative estimate of drug-likeness (QED) is 0.357. The van der Waals surface area contributed by atoms with Crippen LogP contribution in [-0.4, -0.2) is 57.4 Å². The fraction of sp³-hybridized carbons (Fsp3) is 0.556. The van der Waals surface area contributed by atoms with Gasteiger partial charge in [0.25, 0.3) is 0 Å². The van der Waals surface area contributed by atoms with E-state index in [0.29, 0.717) is 19.3 Å². The number of aromatic nitrogens is 2. The number of amides is 3. The van der Waals surface area contributed by atoms with Crippen molar-refractivity contribution in [2.75, 3.05) is 6.54 Å². The van der Waals surface area contributed by atoms with E-state index in [-0.39, 0.29) is 42.4 Å². The molecule has 13 heteroatoms. The highest BCUT2D eigenvalue weighted by molar-refractivity contribution is 5.92. The monoisotopic (exact) mass is 571 g/mol. The molecule has 1 aliphatic heterocycles. The minimum Gasteiger partial charge on any atom is -0.345 e. The van der Waals surface area contributed by atoms with Crippen LogP contribution in [0.1, 0.15) is 71.2 Å². The van der Waals surface area contributed by atoms with E-state index in [1.54, 1.807) is 6.92 Å². The molecule has 2 aromatic rings. The molecule has 0 saturated carbocycles. The lowest BCUT2D eigenvalue weighted by Gasteiger charge is -2.37. The minimum atomic E-state index is -4.61. The Bertz CT molecular complexity index is 1200. The Kier molecular flexibility index (Phi) is 10.3. The zero-order valence-corrected chi connectivity index (χ0v) is 22.6. The number of alkyl halides is 3. The van der Waals surface area contributed by atoms with Crippen molar-refractivity contribution < 1.29 is 36.3 Å². The largest absolute Gasteiger partial charge is 0.408 e. The molecule has 3 atom stereocenters. The molecular formula is C27H34F5N5O3. The highest BCUT2D eigenvalue weighted by Gasteiger charge is 2.46. The number of aromatic amines is 1. The predicted molar refractivity (Wildman–Crippen MR) is 137 cm³/mol. The first-order chi connectivity index (χ1) is 18.8. The molecule has 1 saturated heterocycles. The molecule has 1 aromatic carbocycles. The number of carbonyl (C=O) groups excluding carboxylic acids is 3. The van der Waals surface area contributed by atoms with Gasteiger partial charge in [0.05, 0.1) is 24.4 Å². The first-order valence-electron chi connectivity index (χ1n) is 13.2. The summed E-state index contributed by atoms with van der Waals surface area (Å²) in [6.07, 6.45) is -2.86. The van der Waals surface area contributed by atoms with Crippen molar-refractivity contribution in [3.63, 3.8) is 0 Å². The van der Waals surface area contributed by atoms with Gasteiger partial charge < -0.3 is 20.5 Å². The van der Waals surface area contributed by atoms with Crippen LogP contribution in [-0.2, 0) is 14.4 Å². The molecule has 1 fully saturated rings. The number of carbonyl (C=O) groups is 3.